The molecule has 0 radical (unpaired) electrons. The lowest BCUT2D eigenvalue weighted by Gasteiger charge is -2.42. The highest BCUT2D eigenvalue weighted by atomic mass is 35.5. The van der Waals surface area contributed by atoms with Crippen LogP contribution in [0.4, 0.5) is 5.69 Å². The minimum atomic E-state index is -0.566. The van der Waals surface area contributed by atoms with Gasteiger partial charge in [0, 0.05) is 17.2 Å². The lowest BCUT2D eigenvalue weighted by Crippen LogP contribution is -2.52. The third-order valence-electron chi connectivity index (χ3n) is 3.77. The van der Waals surface area contributed by atoms with E-state index in [0.29, 0.717) is 5.56 Å². The van der Waals surface area contributed by atoms with Crippen molar-refractivity contribution in [2.75, 3.05) is 0 Å². The molecule has 1 fully saturated rings. The zero-order chi connectivity index (χ0) is 14.0. The quantitative estimate of drug-likeness (QED) is 0.680. The van der Waals surface area contributed by atoms with Crippen molar-refractivity contribution in [3.63, 3.8) is 0 Å². The molecule has 19 heavy (non-hydrogen) atoms. The van der Waals surface area contributed by atoms with Gasteiger partial charge in [-0.3, -0.25) is 14.9 Å². The van der Waals surface area contributed by atoms with E-state index >= 15 is 0 Å². The average Bonchev–Trinajstić information content (AvgIpc) is 2.33. The smallest absolute Gasteiger partial charge is 0.287 e. The first kappa shape index (κ1) is 13.8. The highest BCUT2D eigenvalue weighted by Gasteiger charge is 2.36. The molecule has 1 aromatic rings. The third kappa shape index (κ3) is 2.71. The molecule has 0 spiro atoms. The Morgan fingerprint density at radius 2 is 2.21 bits per heavy atom. The number of carbonyl (C=O) groups is 1. The zero-order valence-electron chi connectivity index (χ0n) is 10.6. The molecule has 0 heterocycles. The molecular weight excluding hydrogens is 268 g/mol. The molecule has 102 valence electrons. The van der Waals surface area contributed by atoms with E-state index in [4.69, 9.17) is 11.6 Å². The highest BCUT2D eigenvalue weighted by molar-refractivity contribution is 6.33. The molecule has 1 N–H and O–H groups in total. The van der Waals surface area contributed by atoms with E-state index in [1.807, 2.05) is 6.92 Å². The van der Waals surface area contributed by atoms with Crippen LogP contribution in [-0.4, -0.2) is 16.4 Å². The van der Waals surface area contributed by atoms with Crippen LogP contribution in [0.3, 0.4) is 0 Å². The van der Waals surface area contributed by atoms with E-state index in [0.717, 1.165) is 25.7 Å². The molecule has 0 unspecified atom stereocenters. The Labute approximate surface area is 116 Å². The molecule has 0 aromatic heterocycles. The molecule has 1 aliphatic carbocycles. The fraction of sp³-hybridized carbons (Fsp3) is 0.462. The summed E-state index contributed by atoms with van der Waals surface area (Å²) in [6.07, 6.45) is 3.97. The summed E-state index contributed by atoms with van der Waals surface area (Å²) in [6, 6.07) is 4.04. The predicted molar refractivity (Wildman–Crippen MR) is 72.4 cm³/mol. The highest BCUT2D eigenvalue weighted by Crippen LogP contribution is 2.35. The van der Waals surface area contributed by atoms with Gasteiger partial charge in [-0.05, 0) is 37.8 Å². The van der Waals surface area contributed by atoms with Crippen molar-refractivity contribution in [3.05, 3.63) is 38.9 Å². The van der Waals surface area contributed by atoms with Gasteiger partial charge in [-0.2, -0.15) is 0 Å². The number of nitrogens with one attached hydrogen (secondary N) is 1. The standard InChI is InChI=1S/C13H15ClN2O3/c1-2-13(6-3-7-13)15-12(17)9-4-5-11(16(18)19)10(14)8-9/h4-5,8H,2-3,6-7H2,1H3,(H,15,17). The second-order valence-corrected chi connectivity index (χ2v) is 5.27. The van der Waals surface area contributed by atoms with Gasteiger partial charge in [-0.25, -0.2) is 0 Å². The zero-order valence-corrected chi connectivity index (χ0v) is 11.4. The number of nitro groups is 1. The first-order valence-electron chi connectivity index (χ1n) is 6.24. The van der Waals surface area contributed by atoms with Crippen molar-refractivity contribution < 1.29 is 9.72 Å². The molecule has 0 bridgehead atoms. The molecule has 0 aliphatic heterocycles. The maximum atomic E-state index is 12.1. The van der Waals surface area contributed by atoms with Gasteiger partial charge < -0.3 is 5.32 Å². The molecular formula is C13H15ClN2O3. The van der Waals surface area contributed by atoms with Crippen molar-refractivity contribution in [2.45, 2.75) is 38.1 Å². The number of hydrogen-bond acceptors (Lipinski definition) is 3. The summed E-state index contributed by atoms with van der Waals surface area (Å²) < 4.78 is 0. The summed E-state index contributed by atoms with van der Waals surface area (Å²) in [5.74, 6) is -0.224. The van der Waals surface area contributed by atoms with Gasteiger partial charge in [0.2, 0.25) is 0 Å². The summed E-state index contributed by atoms with van der Waals surface area (Å²) in [6.45, 7) is 2.04. The molecule has 1 aromatic carbocycles. The van der Waals surface area contributed by atoms with Crippen LogP contribution in [0.1, 0.15) is 43.0 Å². The number of rotatable bonds is 4. The molecule has 2 rings (SSSR count). The molecule has 1 aliphatic rings. The number of nitro benzene ring substituents is 1. The van der Waals surface area contributed by atoms with Gasteiger partial charge in [0.1, 0.15) is 5.02 Å². The van der Waals surface area contributed by atoms with Crippen LogP contribution in [-0.2, 0) is 0 Å². The molecule has 0 saturated heterocycles. The van der Waals surface area contributed by atoms with E-state index in [9.17, 15) is 14.9 Å². The summed E-state index contributed by atoms with van der Waals surface area (Å²) >= 11 is 5.80. The van der Waals surface area contributed by atoms with Crippen LogP contribution < -0.4 is 5.32 Å². The van der Waals surface area contributed by atoms with Gasteiger partial charge >= 0.3 is 0 Å². The third-order valence-corrected chi connectivity index (χ3v) is 4.08. The second kappa shape index (κ2) is 5.17. The molecule has 1 saturated carbocycles. The molecule has 1 amide bonds. The number of halogens is 1. The van der Waals surface area contributed by atoms with Crippen LogP contribution >= 0.6 is 11.6 Å². The van der Waals surface area contributed by atoms with Crippen molar-refractivity contribution in [1.82, 2.24) is 5.32 Å². The van der Waals surface area contributed by atoms with E-state index in [1.165, 1.54) is 18.2 Å². The topological polar surface area (TPSA) is 72.2 Å². The second-order valence-electron chi connectivity index (χ2n) is 4.86. The van der Waals surface area contributed by atoms with E-state index in [-0.39, 0.29) is 22.2 Å². The summed E-state index contributed by atoms with van der Waals surface area (Å²) in [5, 5.41) is 13.6. The van der Waals surface area contributed by atoms with E-state index in [2.05, 4.69) is 5.32 Å². The van der Waals surface area contributed by atoms with E-state index < -0.39 is 4.92 Å². The minimum absolute atomic E-state index is 0.0168. The largest absolute Gasteiger partial charge is 0.347 e. The predicted octanol–water partition coefficient (Wildman–Crippen LogP) is 3.31. The number of amides is 1. The fourth-order valence-corrected chi connectivity index (χ4v) is 2.53. The van der Waals surface area contributed by atoms with Gasteiger partial charge in [0.05, 0.1) is 4.92 Å². The Morgan fingerprint density at radius 1 is 1.53 bits per heavy atom. The summed E-state index contributed by atoms with van der Waals surface area (Å²) in [4.78, 5) is 22.2. The van der Waals surface area contributed by atoms with Crippen molar-refractivity contribution in [1.29, 1.82) is 0 Å². The Balaban J connectivity index is 2.16. The Morgan fingerprint density at radius 3 is 2.63 bits per heavy atom. The average molecular weight is 283 g/mol. The Hall–Kier alpha value is -1.62. The van der Waals surface area contributed by atoms with Crippen molar-refractivity contribution >= 4 is 23.2 Å². The van der Waals surface area contributed by atoms with Crippen LogP contribution in [0.15, 0.2) is 18.2 Å². The number of carbonyl (C=O) groups excluding carboxylic acids is 1. The number of nitrogens with zero attached hydrogens (tertiary/aromatic N) is 1. The molecule has 0 atom stereocenters. The van der Waals surface area contributed by atoms with Crippen molar-refractivity contribution in [2.24, 2.45) is 0 Å². The normalized spacial score (nSPS) is 16.5. The van der Waals surface area contributed by atoms with Crippen LogP contribution in [0, 0.1) is 10.1 Å². The lowest BCUT2D eigenvalue weighted by atomic mass is 9.74. The molecule has 6 heteroatoms. The maximum absolute atomic E-state index is 12.1. The van der Waals surface area contributed by atoms with Crippen LogP contribution in [0.25, 0.3) is 0 Å². The SMILES string of the molecule is CCC1(NC(=O)c2ccc([N+](=O)[O-])c(Cl)c2)CCC1. The van der Waals surface area contributed by atoms with Gasteiger partial charge in [0.15, 0.2) is 0 Å². The van der Waals surface area contributed by atoms with Crippen molar-refractivity contribution in [3.8, 4) is 0 Å². The number of benzene rings is 1. The lowest BCUT2D eigenvalue weighted by molar-refractivity contribution is -0.384. The first-order chi connectivity index (χ1) is 8.97. The fourth-order valence-electron chi connectivity index (χ4n) is 2.28. The minimum Gasteiger partial charge on any atom is -0.347 e. The summed E-state index contributed by atoms with van der Waals surface area (Å²) in [5.41, 5.74) is 0.0631. The van der Waals surface area contributed by atoms with Gasteiger partial charge in [-0.15, -0.1) is 0 Å². The maximum Gasteiger partial charge on any atom is 0.287 e. The van der Waals surface area contributed by atoms with Gasteiger partial charge in [-0.1, -0.05) is 18.5 Å². The van der Waals surface area contributed by atoms with Gasteiger partial charge in [0.25, 0.3) is 11.6 Å². The van der Waals surface area contributed by atoms with Crippen LogP contribution in [0.5, 0.6) is 0 Å². The Bertz CT molecular complexity index is 521. The number of hydrogen-bond donors (Lipinski definition) is 1. The summed E-state index contributed by atoms with van der Waals surface area (Å²) in [7, 11) is 0. The Kier molecular flexibility index (Phi) is 3.75. The van der Waals surface area contributed by atoms with E-state index in [1.54, 1.807) is 0 Å². The molecule has 5 nitrogen and oxygen atoms in total. The van der Waals surface area contributed by atoms with Crippen LogP contribution in [0.2, 0.25) is 5.02 Å². The first-order valence-corrected chi connectivity index (χ1v) is 6.62. The monoisotopic (exact) mass is 282 g/mol.